The second-order valence-electron chi connectivity index (χ2n) is 5.26. The molecule has 0 bridgehead atoms. The van der Waals surface area contributed by atoms with Crippen molar-refractivity contribution in [2.24, 2.45) is 0 Å². The van der Waals surface area contributed by atoms with Crippen molar-refractivity contribution < 1.29 is 22.7 Å². The van der Waals surface area contributed by atoms with Gasteiger partial charge in [0.25, 0.3) is 5.91 Å². The van der Waals surface area contributed by atoms with E-state index < -0.39 is 34.4 Å². The molecule has 23 heavy (non-hydrogen) atoms. The number of ether oxygens (including phenoxy) is 1. The Balaban J connectivity index is 2.17. The summed E-state index contributed by atoms with van der Waals surface area (Å²) in [6.45, 7) is 1.25. The van der Waals surface area contributed by atoms with E-state index in [4.69, 9.17) is 4.74 Å². The fourth-order valence-electron chi connectivity index (χ4n) is 2.51. The van der Waals surface area contributed by atoms with Gasteiger partial charge in [-0.1, -0.05) is 24.3 Å². The monoisotopic (exact) mass is 337 g/mol. The van der Waals surface area contributed by atoms with Gasteiger partial charge in [0.15, 0.2) is 16.4 Å². The fraction of sp³-hybridized carbons (Fsp3) is 0.375. The first kappa shape index (κ1) is 17.2. The summed E-state index contributed by atoms with van der Waals surface area (Å²) < 4.78 is 28.3. The Bertz CT molecular complexity index is 696. The Morgan fingerprint density at radius 1 is 1.30 bits per heavy atom. The number of nitrogens with zero attached hydrogens (tertiary/aromatic N) is 1. The van der Waals surface area contributed by atoms with Crippen molar-refractivity contribution in [3.63, 3.8) is 0 Å². The van der Waals surface area contributed by atoms with Crippen molar-refractivity contribution in [3.8, 4) is 0 Å². The average Bonchev–Trinajstić information content (AvgIpc) is 2.86. The van der Waals surface area contributed by atoms with E-state index in [0.717, 1.165) is 0 Å². The lowest BCUT2D eigenvalue weighted by atomic mass is 10.2. The number of allylic oxidation sites excluding steroid dienone is 1. The summed E-state index contributed by atoms with van der Waals surface area (Å²) in [6, 6.07) is 8.38. The summed E-state index contributed by atoms with van der Waals surface area (Å²) in [5.74, 6) is -1.05. The van der Waals surface area contributed by atoms with Crippen LogP contribution < -0.4 is 4.90 Å². The van der Waals surface area contributed by atoms with E-state index in [-0.39, 0.29) is 11.5 Å². The van der Waals surface area contributed by atoms with Crippen molar-refractivity contribution in [2.45, 2.75) is 19.4 Å². The number of para-hydroxylation sites is 1. The number of sulfone groups is 1. The fourth-order valence-corrected chi connectivity index (χ4v) is 4.21. The molecule has 2 rings (SSSR count). The number of amides is 1. The number of carbonyl (C=O) groups excluding carboxylic acids is 2. The van der Waals surface area contributed by atoms with E-state index in [1.54, 1.807) is 31.2 Å². The Morgan fingerprint density at radius 2 is 2.00 bits per heavy atom. The maximum Gasteiger partial charge on any atom is 0.330 e. The van der Waals surface area contributed by atoms with Crippen LogP contribution in [0.1, 0.15) is 13.3 Å². The number of carbonyl (C=O) groups is 2. The van der Waals surface area contributed by atoms with Crippen molar-refractivity contribution in [3.05, 3.63) is 42.5 Å². The van der Waals surface area contributed by atoms with E-state index in [2.05, 4.69) is 0 Å². The molecule has 0 radical (unpaired) electrons. The van der Waals surface area contributed by atoms with Crippen molar-refractivity contribution in [1.82, 2.24) is 0 Å². The highest BCUT2D eigenvalue weighted by atomic mass is 32.2. The quantitative estimate of drug-likeness (QED) is 0.598. The third kappa shape index (κ3) is 4.66. The third-order valence-corrected chi connectivity index (χ3v) is 5.27. The molecule has 0 aliphatic carbocycles. The van der Waals surface area contributed by atoms with E-state index >= 15 is 0 Å². The summed E-state index contributed by atoms with van der Waals surface area (Å²) in [4.78, 5) is 25.3. The molecule has 0 saturated carbocycles. The molecular weight excluding hydrogens is 318 g/mol. The molecule has 0 aromatic heterocycles. The SMILES string of the molecule is C/C=C/C(=O)OCC(=O)N(c1ccccc1)C1CCS(=O)(=O)C1. The van der Waals surface area contributed by atoms with Crippen LogP contribution >= 0.6 is 0 Å². The number of anilines is 1. The lowest BCUT2D eigenvalue weighted by molar-refractivity contribution is -0.143. The summed E-state index contributed by atoms with van der Waals surface area (Å²) >= 11 is 0. The topological polar surface area (TPSA) is 80.8 Å². The Kier molecular flexibility index (Phi) is 5.54. The van der Waals surface area contributed by atoms with Gasteiger partial charge in [0.1, 0.15) is 0 Å². The van der Waals surface area contributed by atoms with Crippen LogP contribution in [0.5, 0.6) is 0 Å². The predicted molar refractivity (Wildman–Crippen MR) is 86.8 cm³/mol. The highest BCUT2D eigenvalue weighted by Crippen LogP contribution is 2.24. The molecule has 1 saturated heterocycles. The van der Waals surface area contributed by atoms with Crippen LogP contribution in [0.4, 0.5) is 5.69 Å². The molecular formula is C16H19NO5S. The normalized spacial score (nSPS) is 19.6. The third-order valence-electron chi connectivity index (χ3n) is 3.52. The minimum atomic E-state index is -3.13. The first-order valence-corrected chi connectivity index (χ1v) is 9.12. The molecule has 1 unspecified atom stereocenters. The van der Waals surface area contributed by atoms with Crippen molar-refractivity contribution in [2.75, 3.05) is 23.0 Å². The molecule has 1 atom stereocenters. The van der Waals surface area contributed by atoms with E-state index in [1.165, 1.54) is 17.1 Å². The minimum Gasteiger partial charge on any atom is -0.452 e. The van der Waals surface area contributed by atoms with Crippen LogP contribution in [0.15, 0.2) is 42.5 Å². The number of esters is 1. The predicted octanol–water partition coefficient (Wildman–Crippen LogP) is 1.33. The number of rotatable bonds is 5. The molecule has 1 aromatic carbocycles. The van der Waals surface area contributed by atoms with Crippen LogP contribution in [0.3, 0.4) is 0 Å². The zero-order chi connectivity index (χ0) is 16.9. The van der Waals surface area contributed by atoms with Crippen LogP contribution in [0, 0.1) is 0 Å². The molecule has 1 aliphatic rings. The Morgan fingerprint density at radius 3 is 2.57 bits per heavy atom. The Hall–Kier alpha value is -2.15. The standard InChI is InChI=1S/C16H19NO5S/c1-2-6-16(19)22-11-15(18)17(13-7-4-3-5-8-13)14-9-10-23(20,21)12-14/h2-8,14H,9-12H2,1H3/b6-2+. The molecule has 1 fully saturated rings. The van der Waals surface area contributed by atoms with Gasteiger partial charge in [-0.3, -0.25) is 4.79 Å². The smallest absolute Gasteiger partial charge is 0.330 e. The Labute approximate surface area is 135 Å². The van der Waals surface area contributed by atoms with Gasteiger partial charge in [0, 0.05) is 11.8 Å². The molecule has 0 spiro atoms. The van der Waals surface area contributed by atoms with Gasteiger partial charge in [-0.15, -0.1) is 0 Å². The molecule has 0 N–H and O–H groups in total. The first-order valence-electron chi connectivity index (χ1n) is 7.30. The molecule has 7 heteroatoms. The zero-order valence-corrected chi connectivity index (χ0v) is 13.7. The van der Waals surface area contributed by atoms with Gasteiger partial charge < -0.3 is 9.64 Å². The molecule has 6 nitrogen and oxygen atoms in total. The van der Waals surface area contributed by atoms with Gasteiger partial charge in [-0.25, -0.2) is 13.2 Å². The number of hydrogen-bond donors (Lipinski definition) is 0. The molecule has 1 heterocycles. The zero-order valence-electron chi connectivity index (χ0n) is 12.8. The van der Waals surface area contributed by atoms with Crippen LogP contribution in [0.2, 0.25) is 0 Å². The molecule has 1 aromatic rings. The molecule has 1 aliphatic heterocycles. The maximum atomic E-state index is 12.5. The summed E-state index contributed by atoms with van der Waals surface area (Å²) in [7, 11) is -3.13. The van der Waals surface area contributed by atoms with Crippen LogP contribution in [-0.2, 0) is 24.2 Å². The highest BCUT2D eigenvalue weighted by molar-refractivity contribution is 7.91. The van der Waals surface area contributed by atoms with Gasteiger partial charge in [0.05, 0.1) is 17.5 Å². The van der Waals surface area contributed by atoms with Crippen molar-refractivity contribution >= 4 is 27.4 Å². The van der Waals surface area contributed by atoms with Gasteiger partial charge in [-0.05, 0) is 25.5 Å². The van der Waals surface area contributed by atoms with Gasteiger partial charge >= 0.3 is 5.97 Å². The minimum absolute atomic E-state index is 0.0621. The summed E-state index contributed by atoms with van der Waals surface area (Å²) in [5, 5.41) is 0. The molecule has 1 amide bonds. The lowest BCUT2D eigenvalue weighted by Crippen LogP contribution is -2.43. The maximum absolute atomic E-state index is 12.5. The van der Waals surface area contributed by atoms with E-state index in [0.29, 0.717) is 12.1 Å². The highest BCUT2D eigenvalue weighted by Gasteiger charge is 2.35. The largest absolute Gasteiger partial charge is 0.452 e. The van der Waals surface area contributed by atoms with Crippen LogP contribution in [0.25, 0.3) is 0 Å². The van der Waals surface area contributed by atoms with Gasteiger partial charge in [-0.2, -0.15) is 0 Å². The summed E-state index contributed by atoms with van der Waals surface area (Å²) in [5.41, 5.74) is 0.599. The van der Waals surface area contributed by atoms with Crippen LogP contribution in [-0.4, -0.2) is 44.4 Å². The second-order valence-corrected chi connectivity index (χ2v) is 7.49. The van der Waals surface area contributed by atoms with E-state index in [9.17, 15) is 18.0 Å². The summed E-state index contributed by atoms with van der Waals surface area (Å²) in [6.07, 6.45) is 3.12. The average molecular weight is 337 g/mol. The lowest BCUT2D eigenvalue weighted by Gasteiger charge is -2.28. The van der Waals surface area contributed by atoms with Gasteiger partial charge in [0.2, 0.25) is 0 Å². The van der Waals surface area contributed by atoms with Crippen molar-refractivity contribution in [1.29, 1.82) is 0 Å². The number of hydrogen-bond acceptors (Lipinski definition) is 5. The molecule has 124 valence electrons. The number of benzene rings is 1. The first-order chi connectivity index (χ1) is 10.9. The second kappa shape index (κ2) is 7.41. The van der Waals surface area contributed by atoms with E-state index in [1.807, 2.05) is 6.07 Å².